The highest BCUT2D eigenvalue weighted by atomic mass is 32.1. The number of thiocarbonyl (C=S) groups is 1. The molecule has 0 radical (unpaired) electrons. The largest absolute Gasteiger partial charge is 0.389 e. The molecule has 0 saturated carbocycles. The van der Waals surface area contributed by atoms with Crippen LogP contribution >= 0.6 is 12.2 Å². The lowest BCUT2D eigenvalue weighted by atomic mass is 10.2. The molecule has 0 bridgehead atoms. The Morgan fingerprint density at radius 1 is 1.40 bits per heavy atom. The fraction of sp³-hybridized carbons (Fsp3) is 0.286. The molecule has 0 fully saturated rings. The van der Waals surface area contributed by atoms with Gasteiger partial charge >= 0.3 is 0 Å². The molecule has 0 unspecified atom stereocenters. The lowest BCUT2D eigenvalue weighted by molar-refractivity contribution is 0.627. The van der Waals surface area contributed by atoms with E-state index in [0.29, 0.717) is 11.5 Å². The highest BCUT2D eigenvalue weighted by Crippen LogP contribution is 2.30. The highest BCUT2D eigenvalue weighted by molar-refractivity contribution is 7.80. The number of nitrogens with two attached hydrogens (primary N) is 1. The molecule has 0 aliphatic rings. The molecule has 0 saturated heterocycles. The van der Waals surface area contributed by atoms with E-state index in [0.717, 1.165) is 22.8 Å². The summed E-state index contributed by atoms with van der Waals surface area (Å²) < 4.78 is 14.8. The second-order valence-electron chi connectivity index (χ2n) is 4.49. The molecular formula is C14H17FN4S. The second-order valence-corrected chi connectivity index (χ2v) is 4.93. The number of hydrogen-bond acceptors (Lipinski definition) is 3. The quantitative estimate of drug-likeness (QED) is 0.880. The first kappa shape index (κ1) is 14.5. The summed E-state index contributed by atoms with van der Waals surface area (Å²) in [6.45, 7) is 4.58. The van der Waals surface area contributed by atoms with Gasteiger partial charge in [-0.2, -0.15) is 5.10 Å². The summed E-state index contributed by atoms with van der Waals surface area (Å²) >= 11 is 5.13. The number of rotatable bonds is 4. The van der Waals surface area contributed by atoms with Gasteiger partial charge in [-0.05, 0) is 38.1 Å². The van der Waals surface area contributed by atoms with Crippen molar-refractivity contribution in [2.24, 2.45) is 12.8 Å². The lowest BCUT2D eigenvalue weighted by Crippen LogP contribution is -2.23. The number of anilines is 2. The van der Waals surface area contributed by atoms with Crippen LogP contribution in [-0.4, -0.2) is 21.3 Å². The van der Waals surface area contributed by atoms with Crippen LogP contribution in [0.2, 0.25) is 0 Å². The Balaban J connectivity index is 2.57. The maximum atomic E-state index is 13.1. The average molecular weight is 292 g/mol. The molecule has 106 valence electrons. The van der Waals surface area contributed by atoms with Gasteiger partial charge in [-0.3, -0.25) is 4.68 Å². The fourth-order valence-corrected chi connectivity index (χ4v) is 2.56. The predicted octanol–water partition coefficient (Wildman–Crippen LogP) is 2.66. The topological polar surface area (TPSA) is 47.1 Å². The van der Waals surface area contributed by atoms with Crippen molar-refractivity contribution in [2.75, 3.05) is 11.4 Å². The molecule has 0 atom stereocenters. The third-order valence-electron chi connectivity index (χ3n) is 3.15. The molecule has 1 aromatic carbocycles. The molecule has 20 heavy (non-hydrogen) atoms. The first-order valence-electron chi connectivity index (χ1n) is 6.32. The van der Waals surface area contributed by atoms with Crippen molar-refractivity contribution in [1.29, 1.82) is 0 Å². The third-order valence-corrected chi connectivity index (χ3v) is 3.35. The zero-order valence-corrected chi connectivity index (χ0v) is 12.5. The fourth-order valence-electron chi connectivity index (χ4n) is 2.32. The Morgan fingerprint density at radius 2 is 2.00 bits per heavy atom. The highest BCUT2D eigenvalue weighted by Gasteiger charge is 2.21. The average Bonchev–Trinajstić information content (AvgIpc) is 2.68. The summed E-state index contributed by atoms with van der Waals surface area (Å²) in [6.07, 6.45) is 0. The maximum absolute atomic E-state index is 13.1. The van der Waals surface area contributed by atoms with Crippen LogP contribution in [0.3, 0.4) is 0 Å². The van der Waals surface area contributed by atoms with E-state index in [1.165, 1.54) is 12.1 Å². The summed E-state index contributed by atoms with van der Waals surface area (Å²) in [5.41, 5.74) is 8.23. The van der Waals surface area contributed by atoms with Gasteiger partial charge in [0.15, 0.2) is 0 Å². The smallest absolute Gasteiger partial charge is 0.141 e. The van der Waals surface area contributed by atoms with Crippen LogP contribution in [0.5, 0.6) is 0 Å². The standard InChI is InChI=1S/C14H17FN4S/c1-4-19(11-7-5-10(15)6-8-11)14-12(13(16)20)9(2)17-18(14)3/h5-8H,4H2,1-3H3,(H2,16,20). The van der Waals surface area contributed by atoms with Crippen molar-refractivity contribution < 1.29 is 4.39 Å². The molecule has 0 aliphatic carbocycles. The summed E-state index contributed by atoms with van der Waals surface area (Å²) in [7, 11) is 1.84. The Hall–Kier alpha value is -1.95. The van der Waals surface area contributed by atoms with E-state index in [1.807, 2.05) is 25.8 Å². The van der Waals surface area contributed by atoms with E-state index in [-0.39, 0.29) is 5.82 Å². The first-order chi connectivity index (χ1) is 9.45. The molecule has 2 N–H and O–H groups in total. The number of aromatic nitrogens is 2. The van der Waals surface area contributed by atoms with Crippen molar-refractivity contribution in [3.63, 3.8) is 0 Å². The summed E-state index contributed by atoms with van der Waals surface area (Å²) in [5, 5.41) is 4.38. The first-order valence-corrected chi connectivity index (χ1v) is 6.73. The van der Waals surface area contributed by atoms with E-state index in [2.05, 4.69) is 5.10 Å². The Labute approximate surface area is 123 Å². The van der Waals surface area contributed by atoms with E-state index in [1.54, 1.807) is 16.8 Å². The molecular weight excluding hydrogens is 275 g/mol. The van der Waals surface area contributed by atoms with Gasteiger partial charge in [0.1, 0.15) is 16.6 Å². The van der Waals surface area contributed by atoms with Crippen molar-refractivity contribution in [2.45, 2.75) is 13.8 Å². The summed E-state index contributed by atoms with van der Waals surface area (Å²) in [4.78, 5) is 2.32. The zero-order chi connectivity index (χ0) is 14.9. The minimum absolute atomic E-state index is 0.263. The molecule has 2 aromatic rings. The van der Waals surface area contributed by atoms with Crippen molar-refractivity contribution in [3.8, 4) is 0 Å². The van der Waals surface area contributed by atoms with Gasteiger partial charge in [0.2, 0.25) is 0 Å². The predicted molar refractivity (Wildman–Crippen MR) is 82.9 cm³/mol. The van der Waals surface area contributed by atoms with Crippen LogP contribution in [0, 0.1) is 12.7 Å². The molecule has 0 aliphatic heterocycles. The Bertz CT molecular complexity index is 633. The van der Waals surface area contributed by atoms with Gasteiger partial charge in [-0.25, -0.2) is 4.39 Å². The number of benzene rings is 1. The number of hydrogen-bond donors (Lipinski definition) is 1. The molecule has 0 amide bonds. The van der Waals surface area contributed by atoms with E-state index in [4.69, 9.17) is 18.0 Å². The van der Waals surface area contributed by atoms with Crippen LogP contribution in [-0.2, 0) is 7.05 Å². The zero-order valence-electron chi connectivity index (χ0n) is 11.7. The molecule has 0 spiro atoms. The summed E-state index contributed by atoms with van der Waals surface area (Å²) in [6, 6.07) is 6.32. The Kier molecular flexibility index (Phi) is 4.04. The normalized spacial score (nSPS) is 10.6. The van der Waals surface area contributed by atoms with E-state index in [9.17, 15) is 4.39 Å². The molecule has 1 aromatic heterocycles. The molecule has 2 rings (SSSR count). The minimum atomic E-state index is -0.263. The molecule has 6 heteroatoms. The Morgan fingerprint density at radius 3 is 2.50 bits per heavy atom. The van der Waals surface area contributed by atoms with Crippen molar-refractivity contribution in [3.05, 3.63) is 41.3 Å². The van der Waals surface area contributed by atoms with Gasteiger partial charge in [0.25, 0.3) is 0 Å². The van der Waals surface area contributed by atoms with Gasteiger partial charge in [0.05, 0.1) is 11.3 Å². The number of aryl methyl sites for hydroxylation is 2. The van der Waals surface area contributed by atoms with Gasteiger partial charge < -0.3 is 10.6 Å². The van der Waals surface area contributed by atoms with Crippen LogP contribution in [0.4, 0.5) is 15.9 Å². The SMILES string of the molecule is CCN(c1ccc(F)cc1)c1c(C(N)=S)c(C)nn1C. The van der Waals surface area contributed by atoms with Gasteiger partial charge in [-0.15, -0.1) is 0 Å². The van der Waals surface area contributed by atoms with Crippen LogP contribution < -0.4 is 10.6 Å². The summed E-state index contributed by atoms with van der Waals surface area (Å²) in [5.74, 6) is 0.560. The monoisotopic (exact) mass is 292 g/mol. The maximum Gasteiger partial charge on any atom is 0.141 e. The van der Waals surface area contributed by atoms with Crippen LogP contribution in [0.1, 0.15) is 18.2 Å². The van der Waals surface area contributed by atoms with Crippen LogP contribution in [0.15, 0.2) is 24.3 Å². The van der Waals surface area contributed by atoms with E-state index >= 15 is 0 Å². The molecule has 4 nitrogen and oxygen atoms in total. The van der Waals surface area contributed by atoms with Crippen LogP contribution in [0.25, 0.3) is 0 Å². The van der Waals surface area contributed by atoms with Crippen molar-refractivity contribution in [1.82, 2.24) is 9.78 Å². The van der Waals surface area contributed by atoms with Gasteiger partial charge in [-0.1, -0.05) is 12.2 Å². The second kappa shape index (κ2) is 5.58. The number of nitrogens with zero attached hydrogens (tertiary/aromatic N) is 3. The number of halogens is 1. The lowest BCUT2D eigenvalue weighted by Gasteiger charge is -2.24. The third kappa shape index (κ3) is 2.51. The van der Waals surface area contributed by atoms with E-state index < -0.39 is 0 Å². The van der Waals surface area contributed by atoms with Gasteiger partial charge in [0, 0.05) is 19.3 Å². The van der Waals surface area contributed by atoms with Crippen molar-refractivity contribution >= 4 is 28.7 Å². The molecule has 1 heterocycles. The minimum Gasteiger partial charge on any atom is -0.389 e.